The largest absolute Gasteiger partial charge is 0.350 e. The minimum Gasteiger partial charge on any atom is -0.350 e. The van der Waals surface area contributed by atoms with Crippen LogP contribution in [0.5, 0.6) is 0 Å². The van der Waals surface area contributed by atoms with Crippen LogP contribution in [0.2, 0.25) is 10.0 Å². The fourth-order valence-electron chi connectivity index (χ4n) is 2.82. The van der Waals surface area contributed by atoms with E-state index in [9.17, 15) is 13.2 Å². The van der Waals surface area contributed by atoms with Gasteiger partial charge in [-0.05, 0) is 37.1 Å². The van der Waals surface area contributed by atoms with Crippen LogP contribution in [0.1, 0.15) is 24.5 Å². The molecular formula is C19H22Cl2N2O3S. The molecule has 2 rings (SSSR count). The van der Waals surface area contributed by atoms with E-state index < -0.39 is 22.0 Å². The van der Waals surface area contributed by atoms with Crippen LogP contribution in [0.25, 0.3) is 0 Å². The predicted molar refractivity (Wildman–Crippen MR) is 111 cm³/mol. The SMILES string of the molecule is CC[C@H](C(=O)NCc1cccc(C)c1)N(c1cc(Cl)ccc1Cl)S(C)(=O)=O. The highest BCUT2D eigenvalue weighted by Crippen LogP contribution is 2.32. The number of hydrogen-bond acceptors (Lipinski definition) is 3. The summed E-state index contributed by atoms with van der Waals surface area (Å²) in [7, 11) is -3.77. The fraction of sp³-hybridized carbons (Fsp3) is 0.316. The van der Waals surface area contributed by atoms with Crippen LogP contribution in [0.15, 0.2) is 42.5 Å². The second kappa shape index (κ2) is 8.95. The highest BCUT2D eigenvalue weighted by molar-refractivity contribution is 7.92. The Labute approximate surface area is 170 Å². The maximum atomic E-state index is 12.8. The molecule has 1 N–H and O–H groups in total. The Morgan fingerprint density at radius 2 is 1.89 bits per heavy atom. The summed E-state index contributed by atoms with van der Waals surface area (Å²) in [5, 5.41) is 3.35. The molecule has 0 aliphatic rings. The van der Waals surface area contributed by atoms with Gasteiger partial charge in [-0.25, -0.2) is 8.42 Å². The molecule has 0 aliphatic carbocycles. The van der Waals surface area contributed by atoms with Gasteiger partial charge < -0.3 is 5.32 Å². The number of carbonyl (C=O) groups excluding carboxylic acids is 1. The normalized spacial score (nSPS) is 12.5. The average Bonchev–Trinajstić information content (AvgIpc) is 2.59. The number of halogens is 2. The first-order chi connectivity index (χ1) is 12.6. The number of nitrogens with one attached hydrogen (secondary N) is 1. The Morgan fingerprint density at radius 3 is 2.48 bits per heavy atom. The van der Waals surface area contributed by atoms with Crippen molar-refractivity contribution in [3.05, 3.63) is 63.6 Å². The maximum Gasteiger partial charge on any atom is 0.244 e. The van der Waals surface area contributed by atoms with Crippen LogP contribution >= 0.6 is 23.2 Å². The van der Waals surface area contributed by atoms with Gasteiger partial charge in [-0.3, -0.25) is 9.10 Å². The van der Waals surface area contributed by atoms with Crippen molar-refractivity contribution < 1.29 is 13.2 Å². The van der Waals surface area contributed by atoms with Gasteiger partial charge in [0.25, 0.3) is 0 Å². The van der Waals surface area contributed by atoms with Crippen molar-refractivity contribution in [2.45, 2.75) is 32.9 Å². The summed E-state index contributed by atoms with van der Waals surface area (Å²) in [6, 6.07) is 11.3. The minimum atomic E-state index is -3.77. The zero-order valence-electron chi connectivity index (χ0n) is 15.4. The molecule has 8 heteroatoms. The Bertz CT molecular complexity index is 932. The zero-order chi connectivity index (χ0) is 20.2. The van der Waals surface area contributed by atoms with E-state index in [0.717, 1.165) is 21.7 Å². The van der Waals surface area contributed by atoms with Crippen molar-refractivity contribution in [1.82, 2.24) is 5.32 Å². The molecule has 0 saturated carbocycles. The molecule has 0 radical (unpaired) electrons. The molecule has 146 valence electrons. The third-order valence-corrected chi connectivity index (χ3v) is 5.75. The van der Waals surface area contributed by atoms with Gasteiger partial charge in [0, 0.05) is 11.6 Å². The lowest BCUT2D eigenvalue weighted by atomic mass is 10.1. The minimum absolute atomic E-state index is 0.184. The van der Waals surface area contributed by atoms with E-state index in [2.05, 4.69) is 5.32 Å². The summed E-state index contributed by atoms with van der Waals surface area (Å²) in [5.74, 6) is -0.402. The number of anilines is 1. The van der Waals surface area contributed by atoms with Crippen LogP contribution in [-0.2, 0) is 21.4 Å². The van der Waals surface area contributed by atoms with Gasteiger partial charge >= 0.3 is 0 Å². The Kier molecular flexibility index (Phi) is 7.14. The van der Waals surface area contributed by atoms with Gasteiger partial charge in [-0.15, -0.1) is 0 Å². The van der Waals surface area contributed by atoms with Crippen molar-refractivity contribution in [3.8, 4) is 0 Å². The van der Waals surface area contributed by atoms with Gasteiger partial charge in [-0.2, -0.15) is 0 Å². The predicted octanol–water partition coefficient (Wildman–Crippen LogP) is 4.16. The molecule has 5 nitrogen and oxygen atoms in total. The van der Waals surface area contributed by atoms with Crippen molar-refractivity contribution >= 4 is 44.8 Å². The van der Waals surface area contributed by atoms with E-state index in [1.807, 2.05) is 31.2 Å². The molecule has 0 spiro atoms. The summed E-state index contributed by atoms with van der Waals surface area (Å²) in [5.41, 5.74) is 2.20. The number of carbonyl (C=O) groups is 1. The van der Waals surface area contributed by atoms with E-state index >= 15 is 0 Å². The third-order valence-electron chi connectivity index (χ3n) is 4.02. The van der Waals surface area contributed by atoms with Gasteiger partial charge in [0.2, 0.25) is 15.9 Å². The maximum absolute atomic E-state index is 12.8. The summed E-state index contributed by atoms with van der Waals surface area (Å²) in [6.45, 7) is 4.01. The quantitative estimate of drug-likeness (QED) is 0.719. The molecule has 0 heterocycles. The molecule has 0 unspecified atom stereocenters. The van der Waals surface area contributed by atoms with E-state index in [-0.39, 0.29) is 17.1 Å². The summed E-state index contributed by atoms with van der Waals surface area (Å²) >= 11 is 12.2. The lowest BCUT2D eigenvalue weighted by Crippen LogP contribution is -2.49. The zero-order valence-corrected chi connectivity index (χ0v) is 17.7. The smallest absolute Gasteiger partial charge is 0.244 e. The molecule has 0 fully saturated rings. The molecule has 0 aliphatic heterocycles. The van der Waals surface area contributed by atoms with Crippen LogP contribution in [0.4, 0.5) is 5.69 Å². The van der Waals surface area contributed by atoms with Crippen molar-refractivity contribution in [1.29, 1.82) is 0 Å². The molecule has 1 atom stereocenters. The highest BCUT2D eigenvalue weighted by Gasteiger charge is 2.32. The fourth-order valence-corrected chi connectivity index (χ4v) is 4.46. The molecule has 27 heavy (non-hydrogen) atoms. The van der Waals surface area contributed by atoms with E-state index in [0.29, 0.717) is 11.6 Å². The second-order valence-electron chi connectivity index (χ2n) is 6.29. The van der Waals surface area contributed by atoms with E-state index in [1.54, 1.807) is 13.0 Å². The van der Waals surface area contributed by atoms with Gasteiger partial charge in [-0.1, -0.05) is 60.0 Å². The molecular weight excluding hydrogens is 407 g/mol. The van der Waals surface area contributed by atoms with Crippen molar-refractivity contribution in [2.24, 2.45) is 0 Å². The molecule has 0 saturated heterocycles. The number of benzene rings is 2. The third kappa shape index (κ3) is 5.61. The number of aryl methyl sites for hydroxylation is 1. The van der Waals surface area contributed by atoms with Crippen LogP contribution in [0, 0.1) is 6.92 Å². The Hall–Kier alpha value is -1.76. The topological polar surface area (TPSA) is 66.5 Å². The monoisotopic (exact) mass is 428 g/mol. The number of rotatable bonds is 7. The van der Waals surface area contributed by atoms with Crippen LogP contribution in [0.3, 0.4) is 0 Å². The average molecular weight is 429 g/mol. The summed E-state index contributed by atoms with van der Waals surface area (Å²) in [4.78, 5) is 12.8. The lowest BCUT2D eigenvalue weighted by molar-refractivity contribution is -0.122. The number of amides is 1. The second-order valence-corrected chi connectivity index (χ2v) is 8.99. The van der Waals surface area contributed by atoms with E-state index in [4.69, 9.17) is 23.2 Å². The Morgan fingerprint density at radius 1 is 1.19 bits per heavy atom. The van der Waals surface area contributed by atoms with Crippen molar-refractivity contribution in [3.63, 3.8) is 0 Å². The van der Waals surface area contributed by atoms with Crippen molar-refractivity contribution in [2.75, 3.05) is 10.6 Å². The first-order valence-electron chi connectivity index (χ1n) is 8.41. The number of sulfonamides is 1. The molecule has 0 bridgehead atoms. The molecule has 1 amide bonds. The van der Waals surface area contributed by atoms with E-state index in [1.165, 1.54) is 12.1 Å². The first kappa shape index (κ1) is 21.5. The Balaban J connectivity index is 2.32. The molecule has 0 aromatic heterocycles. The first-order valence-corrected chi connectivity index (χ1v) is 11.0. The van der Waals surface area contributed by atoms with Crippen LogP contribution < -0.4 is 9.62 Å². The molecule has 2 aromatic rings. The van der Waals surface area contributed by atoms with Gasteiger partial charge in [0.05, 0.1) is 17.0 Å². The lowest BCUT2D eigenvalue weighted by Gasteiger charge is -2.30. The molecule has 2 aromatic carbocycles. The summed E-state index contributed by atoms with van der Waals surface area (Å²) in [6.07, 6.45) is 1.32. The standard InChI is InChI=1S/C19H22Cl2N2O3S/c1-4-17(19(24)22-12-14-7-5-6-13(2)10-14)23(27(3,25)26)18-11-15(20)8-9-16(18)21/h5-11,17H,4,12H2,1-3H3,(H,22,24)/t17-/m1/s1. The number of nitrogens with zero attached hydrogens (tertiary/aromatic N) is 1. The van der Waals surface area contributed by atoms with Gasteiger partial charge in [0.1, 0.15) is 6.04 Å². The number of hydrogen-bond donors (Lipinski definition) is 1. The van der Waals surface area contributed by atoms with Gasteiger partial charge in [0.15, 0.2) is 0 Å². The summed E-state index contributed by atoms with van der Waals surface area (Å²) < 4.78 is 26.0. The highest BCUT2D eigenvalue weighted by atomic mass is 35.5. The van der Waals surface area contributed by atoms with Crippen LogP contribution in [-0.4, -0.2) is 26.6 Å².